The number of nitrogens with one attached hydrogen (secondary N) is 1. The van der Waals surface area contributed by atoms with Gasteiger partial charge in [-0.2, -0.15) is 13.2 Å². The lowest BCUT2D eigenvalue weighted by molar-refractivity contribution is -0.176. The highest BCUT2D eigenvalue weighted by molar-refractivity contribution is 5.49. The minimum atomic E-state index is -4.34. The number of aromatic nitrogens is 1. The highest BCUT2D eigenvalue weighted by Gasteiger charge is 2.42. The number of rotatable bonds is 2. The fourth-order valence-corrected chi connectivity index (χ4v) is 2.22. The third-order valence-electron chi connectivity index (χ3n) is 3.23. The normalized spacial score (nSPS) is 20.1. The van der Waals surface area contributed by atoms with E-state index in [9.17, 15) is 22.0 Å². The summed E-state index contributed by atoms with van der Waals surface area (Å²) in [5.74, 6) is 0.733. The summed E-state index contributed by atoms with van der Waals surface area (Å²) in [5, 5.41) is 0. The van der Waals surface area contributed by atoms with Gasteiger partial charge in [0.05, 0.1) is 5.92 Å². The molecule has 20 heavy (non-hydrogen) atoms. The van der Waals surface area contributed by atoms with Crippen LogP contribution in [0.1, 0.15) is 12.8 Å². The van der Waals surface area contributed by atoms with Crippen LogP contribution in [0.25, 0.3) is 0 Å². The molecule has 1 fully saturated rings. The Kier molecular flexibility index (Phi) is 3.98. The van der Waals surface area contributed by atoms with Crippen molar-refractivity contribution in [2.75, 3.05) is 23.4 Å². The summed E-state index contributed by atoms with van der Waals surface area (Å²) in [7, 11) is 0. The molecule has 1 aliphatic heterocycles. The molecule has 0 radical (unpaired) electrons. The molecule has 1 aliphatic rings. The Bertz CT molecular complexity index is 490. The number of nitrogens with two attached hydrogens (primary N) is 1. The van der Waals surface area contributed by atoms with Crippen LogP contribution >= 0.6 is 0 Å². The molecule has 0 spiro atoms. The van der Waals surface area contributed by atoms with Crippen LogP contribution in [0.2, 0.25) is 0 Å². The van der Waals surface area contributed by atoms with Crippen molar-refractivity contribution in [2.24, 2.45) is 11.8 Å². The first-order valence-electron chi connectivity index (χ1n) is 5.97. The number of hydrogen-bond donors (Lipinski definition) is 2. The van der Waals surface area contributed by atoms with Gasteiger partial charge < -0.3 is 10.3 Å². The molecule has 112 valence electrons. The van der Waals surface area contributed by atoms with Crippen molar-refractivity contribution in [3.05, 3.63) is 17.7 Å². The van der Waals surface area contributed by atoms with Gasteiger partial charge in [0.1, 0.15) is 0 Å². The van der Waals surface area contributed by atoms with Crippen LogP contribution in [0.3, 0.4) is 0 Å². The van der Waals surface area contributed by atoms with E-state index in [0.717, 1.165) is 4.90 Å². The Hall–Kier alpha value is -1.64. The lowest BCUT2D eigenvalue weighted by Crippen LogP contribution is -2.42. The monoisotopic (exact) mass is 296 g/mol. The Morgan fingerprint density at radius 1 is 1.30 bits per heavy atom. The number of piperidine rings is 1. The van der Waals surface area contributed by atoms with E-state index in [1.165, 1.54) is 0 Å². The average molecular weight is 296 g/mol. The van der Waals surface area contributed by atoms with E-state index in [1.54, 1.807) is 0 Å². The highest BCUT2D eigenvalue weighted by Crippen LogP contribution is 2.35. The molecule has 3 N–H and O–H groups in total. The number of pyridine rings is 1. The Morgan fingerprint density at radius 2 is 2.00 bits per heavy atom. The van der Waals surface area contributed by atoms with Gasteiger partial charge in [0.2, 0.25) is 0 Å². The van der Waals surface area contributed by atoms with E-state index in [-0.39, 0.29) is 25.2 Å². The van der Waals surface area contributed by atoms with Crippen LogP contribution in [-0.4, -0.2) is 24.2 Å². The van der Waals surface area contributed by atoms with Gasteiger partial charge in [-0.25, -0.2) is 19.6 Å². The molecule has 1 atom stereocenters. The number of hydrogen-bond acceptors (Lipinski definition) is 4. The average Bonchev–Trinajstić information content (AvgIpc) is 2.38. The van der Waals surface area contributed by atoms with Gasteiger partial charge in [0.15, 0.2) is 23.3 Å². The van der Waals surface area contributed by atoms with Gasteiger partial charge in [-0.1, -0.05) is 0 Å². The molecule has 1 aromatic rings. The fraction of sp³-hybridized carbons (Fsp3) is 0.545. The third kappa shape index (κ3) is 2.92. The summed E-state index contributed by atoms with van der Waals surface area (Å²) in [6, 6.07) is 0.550. The predicted molar refractivity (Wildman–Crippen MR) is 63.0 cm³/mol. The number of alkyl halides is 3. The van der Waals surface area contributed by atoms with Crippen LogP contribution in [0.15, 0.2) is 6.07 Å². The first-order valence-corrected chi connectivity index (χ1v) is 5.97. The number of nitrogens with zero attached hydrogens (tertiary/aromatic N) is 2. The summed E-state index contributed by atoms with van der Waals surface area (Å²) < 4.78 is 65.0. The van der Waals surface area contributed by atoms with Crippen LogP contribution in [0, 0.1) is 17.6 Å². The molecule has 4 nitrogen and oxygen atoms in total. The van der Waals surface area contributed by atoms with Crippen LogP contribution in [0.4, 0.5) is 33.6 Å². The molecule has 0 aromatic carbocycles. The summed E-state index contributed by atoms with van der Waals surface area (Å²) in [6.07, 6.45) is -4.09. The van der Waals surface area contributed by atoms with E-state index >= 15 is 0 Å². The summed E-state index contributed by atoms with van der Waals surface area (Å²) in [6.45, 7) is -0.171. The zero-order chi connectivity index (χ0) is 14.9. The van der Waals surface area contributed by atoms with Gasteiger partial charge in [0, 0.05) is 19.2 Å². The van der Waals surface area contributed by atoms with Gasteiger partial charge in [-0.3, -0.25) is 0 Å². The number of hydrazine groups is 1. The lowest BCUT2D eigenvalue weighted by atomic mass is 9.97. The lowest BCUT2D eigenvalue weighted by Gasteiger charge is -2.34. The number of nitrogen functional groups attached to an aromatic ring is 1. The topological polar surface area (TPSA) is 54.2 Å². The van der Waals surface area contributed by atoms with E-state index in [4.69, 9.17) is 5.84 Å². The summed E-state index contributed by atoms with van der Waals surface area (Å²) in [5.41, 5.74) is 1.94. The van der Waals surface area contributed by atoms with Crippen LogP contribution in [-0.2, 0) is 0 Å². The zero-order valence-electron chi connectivity index (χ0n) is 10.3. The molecule has 0 aliphatic carbocycles. The second-order valence-electron chi connectivity index (χ2n) is 4.60. The van der Waals surface area contributed by atoms with Gasteiger partial charge in [-0.05, 0) is 12.8 Å². The van der Waals surface area contributed by atoms with E-state index in [2.05, 4.69) is 4.98 Å². The van der Waals surface area contributed by atoms with Crippen molar-refractivity contribution in [1.82, 2.24) is 4.98 Å². The molecule has 1 saturated heterocycles. The Morgan fingerprint density at radius 3 is 2.60 bits per heavy atom. The Labute approximate surface area is 111 Å². The van der Waals surface area contributed by atoms with Crippen LogP contribution in [0.5, 0.6) is 0 Å². The first kappa shape index (κ1) is 14.8. The maximum Gasteiger partial charge on any atom is 0.393 e. The molecule has 1 unspecified atom stereocenters. The Balaban J connectivity index is 2.27. The largest absolute Gasteiger partial charge is 0.393 e. The smallest absolute Gasteiger partial charge is 0.353 e. The van der Waals surface area contributed by atoms with Crippen molar-refractivity contribution in [2.45, 2.75) is 19.0 Å². The minimum absolute atomic E-state index is 0.00912. The third-order valence-corrected chi connectivity index (χ3v) is 3.23. The second kappa shape index (κ2) is 5.39. The molecule has 9 heteroatoms. The zero-order valence-corrected chi connectivity index (χ0v) is 10.3. The molecule has 2 heterocycles. The maximum absolute atomic E-state index is 13.7. The standard InChI is InChI=1S/C11H13F5N4/c12-7-4-8(13)10(18-9(7)19-17)20-3-1-2-6(5-20)11(14,15)16/h4,6H,1-3,5,17H2,(H,18,19). The molecule has 2 rings (SSSR count). The minimum Gasteiger partial charge on any atom is -0.353 e. The van der Waals surface area contributed by atoms with Crippen molar-refractivity contribution in [1.29, 1.82) is 0 Å². The summed E-state index contributed by atoms with van der Waals surface area (Å²) >= 11 is 0. The van der Waals surface area contributed by atoms with E-state index in [1.807, 2.05) is 5.43 Å². The second-order valence-corrected chi connectivity index (χ2v) is 4.60. The van der Waals surface area contributed by atoms with Crippen LogP contribution < -0.4 is 16.2 Å². The molecule has 0 bridgehead atoms. The number of halogens is 5. The first-order chi connectivity index (χ1) is 9.32. The predicted octanol–water partition coefficient (Wildman–Crippen LogP) is 2.42. The maximum atomic E-state index is 13.7. The van der Waals surface area contributed by atoms with Gasteiger partial charge in [0.25, 0.3) is 0 Å². The molecular weight excluding hydrogens is 283 g/mol. The van der Waals surface area contributed by atoms with E-state index in [0.29, 0.717) is 6.07 Å². The molecule has 0 amide bonds. The molecule has 0 saturated carbocycles. The number of anilines is 2. The molecule has 1 aromatic heterocycles. The highest BCUT2D eigenvalue weighted by atomic mass is 19.4. The van der Waals surface area contributed by atoms with Gasteiger partial charge in [-0.15, -0.1) is 0 Å². The van der Waals surface area contributed by atoms with E-state index < -0.39 is 36.1 Å². The van der Waals surface area contributed by atoms with Crippen molar-refractivity contribution in [3.63, 3.8) is 0 Å². The van der Waals surface area contributed by atoms with Crippen molar-refractivity contribution < 1.29 is 22.0 Å². The SMILES string of the molecule is NNc1nc(N2CCCC(C(F)(F)F)C2)c(F)cc1F. The van der Waals surface area contributed by atoms with Crippen molar-refractivity contribution >= 4 is 11.6 Å². The molecular formula is C11H13F5N4. The van der Waals surface area contributed by atoms with Gasteiger partial charge >= 0.3 is 6.18 Å². The quantitative estimate of drug-likeness (QED) is 0.500. The van der Waals surface area contributed by atoms with Crippen molar-refractivity contribution in [3.8, 4) is 0 Å². The fourth-order valence-electron chi connectivity index (χ4n) is 2.22. The summed E-state index contributed by atoms with van der Waals surface area (Å²) in [4.78, 5) is 4.77.